The SMILES string of the molecule is CC1CCC(n2cc(C(C)(C)N)nn2)CC1. The van der Waals surface area contributed by atoms with E-state index in [1.807, 2.05) is 24.7 Å². The number of nitrogens with zero attached hydrogens (tertiary/aromatic N) is 3. The summed E-state index contributed by atoms with van der Waals surface area (Å²) in [4.78, 5) is 0. The predicted octanol–water partition coefficient (Wildman–Crippen LogP) is 2.22. The molecule has 2 rings (SSSR count). The third kappa shape index (κ3) is 2.43. The lowest BCUT2D eigenvalue weighted by molar-refractivity contribution is 0.270. The molecule has 0 saturated heterocycles. The van der Waals surface area contributed by atoms with E-state index in [9.17, 15) is 0 Å². The van der Waals surface area contributed by atoms with Crippen LogP contribution in [0.25, 0.3) is 0 Å². The van der Waals surface area contributed by atoms with E-state index in [1.54, 1.807) is 0 Å². The normalized spacial score (nSPS) is 27.0. The topological polar surface area (TPSA) is 56.7 Å². The molecule has 0 aromatic carbocycles. The summed E-state index contributed by atoms with van der Waals surface area (Å²) in [5, 5.41) is 8.39. The van der Waals surface area contributed by atoms with Gasteiger partial charge in [-0.3, -0.25) is 0 Å². The lowest BCUT2D eigenvalue weighted by atomic mass is 9.87. The Morgan fingerprint density at radius 3 is 2.44 bits per heavy atom. The van der Waals surface area contributed by atoms with Crippen molar-refractivity contribution in [1.29, 1.82) is 0 Å². The van der Waals surface area contributed by atoms with Crippen molar-refractivity contribution >= 4 is 0 Å². The third-order valence-electron chi connectivity index (χ3n) is 3.53. The molecule has 1 aromatic heterocycles. The van der Waals surface area contributed by atoms with Gasteiger partial charge in [0.1, 0.15) is 5.69 Å². The highest BCUT2D eigenvalue weighted by Gasteiger charge is 2.23. The van der Waals surface area contributed by atoms with Gasteiger partial charge in [-0.1, -0.05) is 12.1 Å². The number of nitrogens with two attached hydrogens (primary N) is 1. The van der Waals surface area contributed by atoms with Crippen molar-refractivity contribution in [2.75, 3.05) is 0 Å². The van der Waals surface area contributed by atoms with E-state index in [-0.39, 0.29) is 5.54 Å². The predicted molar refractivity (Wildman–Crippen MR) is 63.9 cm³/mol. The van der Waals surface area contributed by atoms with Gasteiger partial charge in [-0.15, -0.1) is 5.10 Å². The first-order valence-electron chi connectivity index (χ1n) is 6.18. The van der Waals surface area contributed by atoms with Crippen molar-refractivity contribution in [3.05, 3.63) is 11.9 Å². The molecule has 2 N–H and O–H groups in total. The maximum absolute atomic E-state index is 6.01. The second kappa shape index (κ2) is 4.17. The van der Waals surface area contributed by atoms with E-state index >= 15 is 0 Å². The van der Waals surface area contributed by atoms with Crippen LogP contribution in [-0.2, 0) is 5.54 Å². The van der Waals surface area contributed by atoms with Crippen LogP contribution in [0.1, 0.15) is 58.2 Å². The Bertz CT molecular complexity index is 342. The molecule has 0 amide bonds. The van der Waals surface area contributed by atoms with Crippen LogP contribution >= 0.6 is 0 Å². The molecule has 1 fully saturated rings. The standard InChI is InChI=1S/C12H22N4/c1-9-4-6-10(7-5-9)16-8-11(14-15-16)12(2,3)13/h8-10H,4-7,13H2,1-3H3. The first-order chi connectivity index (χ1) is 7.47. The average molecular weight is 222 g/mol. The van der Waals surface area contributed by atoms with Crippen LogP contribution in [0.4, 0.5) is 0 Å². The summed E-state index contributed by atoms with van der Waals surface area (Å²) >= 11 is 0. The van der Waals surface area contributed by atoms with Crippen molar-refractivity contribution in [3.63, 3.8) is 0 Å². The van der Waals surface area contributed by atoms with E-state index in [1.165, 1.54) is 25.7 Å². The summed E-state index contributed by atoms with van der Waals surface area (Å²) in [7, 11) is 0. The van der Waals surface area contributed by atoms with Gasteiger partial charge in [-0.25, -0.2) is 4.68 Å². The molecule has 1 aliphatic rings. The van der Waals surface area contributed by atoms with Crippen LogP contribution < -0.4 is 5.73 Å². The molecule has 1 aliphatic carbocycles. The molecule has 4 heteroatoms. The van der Waals surface area contributed by atoms with E-state index in [0.29, 0.717) is 6.04 Å². The molecular weight excluding hydrogens is 200 g/mol. The Hall–Kier alpha value is -0.900. The molecule has 1 saturated carbocycles. The maximum Gasteiger partial charge on any atom is 0.102 e. The van der Waals surface area contributed by atoms with Gasteiger partial charge in [-0.2, -0.15) is 0 Å². The minimum atomic E-state index is -0.389. The fraction of sp³-hybridized carbons (Fsp3) is 0.833. The van der Waals surface area contributed by atoms with Crippen LogP contribution in [0.5, 0.6) is 0 Å². The van der Waals surface area contributed by atoms with Crippen LogP contribution in [-0.4, -0.2) is 15.0 Å². The Morgan fingerprint density at radius 2 is 1.94 bits per heavy atom. The molecule has 1 aromatic rings. The maximum atomic E-state index is 6.01. The zero-order valence-electron chi connectivity index (χ0n) is 10.5. The van der Waals surface area contributed by atoms with Gasteiger partial charge >= 0.3 is 0 Å². The highest BCUT2D eigenvalue weighted by atomic mass is 15.4. The summed E-state index contributed by atoms with van der Waals surface area (Å²) < 4.78 is 2.01. The van der Waals surface area contributed by atoms with E-state index in [0.717, 1.165) is 11.6 Å². The molecule has 1 heterocycles. The van der Waals surface area contributed by atoms with Crippen molar-refractivity contribution in [2.45, 2.75) is 58.0 Å². The Balaban J connectivity index is 2.08. The molecule has 0 aliphatic heterocycles. The second-order valence-electron chi connectivity index (χ2n) is 5.72. The zero-order chi connectivity index (χ0) is 11.8. The Kier molecular flexibility index (Phi) is 3.02. The van der Waals surface area contributed by atoms with Gasteiger partial charge in [0.2, 0.25) is 0 Å². The van der Waals surface area contributed by atoms with Gasteiger partial charge < -0.3 is 5.73 Å². The van der Waals surface area contributed by atoms with E-state index < -0.39 is 0 Å². The lowest BCUT2D eigenvalue weighted by Crippen LogP contribution is -2.29. The summed E-state index contributed by atoms with van der Waals surface area (Å²) in [5.41, 5.74) is 6.50. The van der Waals surface area contributed by atoms with Gasteiger partial charge in [0.05, 0.1) is 17.8 Å². The molecule has 4 nitrogen and oxygen atoms in total. The molecule has 0 radical (unpaired) electrons. The summed E-state index contributed by atoms with van der Waals surface area (Å²) in [6, 6.07) is 0.528. The average Bonchev–Trinajstić information content (AvgIpc) is 2.67. The molecule has 90 valence electrons. The molecule has 0 bridgehead atoms. The van der Waals surface area contributed by atoms with Crippen LogP contribution in [0.2, 0.25) is 0 Å². The third-order valence-corrected chi connectivity index (χ3v) is 3.53. The fourth-order valence-corrected chi connectivity index (χ4v) is 2.26. The highest BCUT2D eigenvalue weighted by Crippen LogP contribution is 2.31. The Labute approximate surface area is 97.2 Å². The quantitative estimate of drug-likeness (QED) is 0.834. The number of hydrogen-bond donors (Lipinski definition) is 1. The molecular formula is C12H22N4. The molecule has 0 unspecified atom stereocenters. The molecule has 0 spiro atoms. The number of aromatic nitrogens is 3. The minimum Gasteiger partial charge on any atom is -0.320 e. The van der Waals surface area contributed by atoms with E-state index in [2.05, 4.69) is 17.2 Å². The van der Waals surface area contributed by atoms with Crippen molar-refractivity contribution in [2.24, 2.45) is 11.7 Å². The first-order valence-corrected chi connectivity index (χ1v) is 6.18. The zero-order valence-corrected chi connectivity index (χ0v) is 10.5. The van der Waals surface area contributed by atoms with Gasteiger partial charge in [0.25, 0.3) is 0 Å². The van der Waals surface area contributed by atoms with Crippen LogP contribution in [0.15, 0.2) is 6.20 Å². The monoisotopic (exact) mass is 222 g/mol. The van der Waals surface area contributed by atoms with Crippen molar-refractivity contribution < 1.29 is 0 Å². The minimum absolute atomic E-state index is 0.389. The summed E-state index contributed by atoms with van der Waals surface area (Å²) in [6.45, 7) is 6.25. The van der Waals surface area contributed by atoms with Crippen LogP contribution in [0.3, 0.4) is 0 Å². The summed E-state index contributed by atoms with van der Waals surface area (Å²) in [6.07, 6.45) is 7.04. The fourth-order valence-electron chi connectivity index (χ4n) is 2.26. The lowest BCUT2D eigenvalue weighted by Gasteiger charge is -2.25. The summed E-state index contributed by atoms with van der Waals surface area (Å²) in [5.74, 6) is 0.866. The van der Waals surface area contributed by atoms with Gasteiger partial charge in [0.15, 0.2) is 0 Å². The van der Waals surface area contributed by atoms with Gasteiger partial charge in [0, 0.05) is 0 Å². The Morgan fingerprint density at radius 1 is 1.31 bits per heavy atom. The highest BCUT2D eigenvalue weighted by molar-refractivity contribution is 5.06. The van der Waals surface area contributed by atoms with Crippen molar-refractivity contribution in [1.82, 2.24) is 15.0 Å². The second-order valence-corrected chi connectivity index (χ2v) is 5.72. The van der Waals surface area contributed by atoms with Gasteiger partial charge in [-0.05, 0) is 45.4 Å². The molecule has 0 atom stereocenters. The molecule has 16 heavy (non-hydrogen) atoms. The van der Waals surface area contributed by atoms with Crippen molar-refractivity contribution in [3.8, 4) is 0 Å². The van der Waals surface area contributed by atoms with E-state index in [4.69, 9.17) is 5.73 Å². The largest absolute Gasteiger partial charge is 0.320 e. The smallest absolute Gasteiger partial charge is 0.102 e. The first kappa shape index (κ1) is 11.6. The number of hydrogen-bond acceptors (Lipinski definition) is 3. The van der Waals surface area contributed by atoms with Crippen LogP contribution in [0, 0.1) is 5.92 Å². The number of rotatable bonds is 2.